The minimum absolute atomic E-state index is 0.536. The standard InChI is InChI=1S/C8H16N2/c1-10-6-4-8(7-10)3-2-5-9-8/h9H,2-7H2,1H3/t8-/m0/s1. The van der Waals surface area contributed by atoms with E-state index in [9.17, 15) is 0 Å². The molecule has 0 radical (unpaired) electrons. The zero-order chi connectivity index (χ0) is 7.03. The van der Waals surface area contributed by atoms with Crippen LogP contribution in [0.5, 0.6) is 0 Å². The Balaban J connectivity index is 2.03. The van der Waals surface area contributed by atoms with E-state index in [0.717, 1.165) is 0 Å². The van der Waals surface area contributed by atoms with Crippen LogP contribution in [-0.4, -0.2) is 37.1 Å². The van der Waals surface area contributed by atoms with Gasteiger partial charge in [0.25, 0.3) is 0 Å². The van der Waals surface area contributed by atoms with Crippen molar-refractivity contribution in [1.82, 2.24) is 10.2 Å². The molecule has 2 rings (SSSR count). The molecule has 1 N–H and O–H groups in total. The molecule has 0 aliphatic carbocycles. The third-order valence-electron chi connectivity index (χ3n) is 2.88. The van der Waals surface area contributed by atoms with Gasteiger partial charge in [-0.05, 0) is 39.4 Å². The molecule has 2 nitrogen and oxygen atoms in total. The van der Waals surface area contributed by atoms with Crippen LogP contribution in [0.25, 0.3) is 0 Å². The Morgan fingerprint density at radius 1 is 1.40 bits per heavy atom. The summed E-state index contributed by atoms with van der Waals surface area (Å²) in [6.45, 7) is 3.80. The van der Waals surface area contributed by atoms with E-state index in [4.69, 9.17) is 0 Å². The lowest BCUT2D eigenvalue weighted by molar-refractivity contribution is 0.344. The van der Waals surface area contributed by atoms with Crippen molar-refractivity contribution < 1.29 is 0 Å². The molecule has 0 unspecified atom stereocenters. The summed E-state index contributed by atoms with van der Waals surface area (Å²) < 4.78 is 0. The Hall–Kier alpha value is -0.0800. The normalized spacial score (nSPS) is 41.7. The number of hydrogen-bond acceptors (Lipinski definition) is 2. The van der Waals surface area contributed by atoms with Crippen molar-refractivity contribution in [2.75, 3.05) is 26.7 Å². The monoisotopic (exact) mass is 140 g/mol. The van der Waals surface area contributed by atoms with Gasteiger partial charge in [0.15, 0.2) is 0 Å². The van der Waals surface area contributed by atoms with E-state index in [2.05, 4.69) is 17.3 Å². The summed E-state index contributed by atoms with van der Waals surface area (Å²) in [6.07, 6.45) is 4.15. The molecule has 2 heterocycles. The third kappa shape index (κ3) is 0.956. The molecule has 0 aromatic carbocycles. The summed E-state index contributed by atoms with van der Waals surface area (Å²) in [6, 6.07) is 0. The number of nitrogens with one attached hydrogen (secondary N) is 1. The molecule has 58 valence electrons. The van der Waals surface area contributed by atoms with E-state index in [1.165, 1.54) is 38.9 Å². The van der Waals surface area contributed by atoms with Gasteiger partial charge in [-0.15, -0.1) is 0 Å². The zero-order valence-corrected chi connectivity index (χ0v) is 6.69. The zero-order valence-electron chi connectivity index (χ0n) is 6.69. The molecule has 2 aliphatic heterocycles. The Bertz CT molecular complexity index is 127. The summed E-state index contributed by atoms with van der Waals surface area (Å²) in [5.74, 6) is 0. The number of hydrogen-bond donors (Lipinski definition) is 1. The highest BCUT2D eigenvalue weighted by atomic mass is 15.2. The SMILES string of the molecule is CN1CC[C@@]2(CCCN2)C1. The molecule has 1 spiro atoms. The van der Waals surface area contributed by atoms with Gasteiger partial charge in [0.05, 0.1) is 0 Å². The van der Waals surface area contributed by atoms with Crippen LogP contribution in [-0.2, 0) is 0 Å². The highest BCUT2D eigenvalue weighted by Crippen LogP contribution is 2.28. The molecule has 2 heteroatoms. The maximum atomic E-state index is 3.62. The molecule has 0 aromatic rings. The lowest BCUT2D eigenvalue weighted by Crippen LogP contribution is -2.41. The van der Waals surface area contributed by atoms with Gasteiger partial charge in [-0.25, -0.2) is 0 Å². The third-order valence-corrected chi connectivity index (χ3v) is 2.88. The minimum Gasteiger partial charge on any atom is -0.310 e. The summed E-state index contributed by atoms with van der Waals surface area (Å²) in [5.41, 5.74) is 0.536. The molecular weight excluding hydrogens is 124 g/mol. The van der Waals surface area contributed by atoms with Crippen molar-refractivity contribution in [2.45, 2.75) is 24.8 Å². The lowest BCUT2D eigenvalue weighted by Gasteiger charge is -2.22. The van der Waals surface area contributed by atoms with Gasteiger partial charge >= 0.3 is 0 Å². The maximum absolute atomic E-state index is 3.62. The Labute approximate surface area is 62.6 Å². The first-order valence-electron chi connectivity index (χ1n) is 4.24. The van der Waals surface area contributed by atoms with Crippen LogP contribution in [0.15, 0.2) is 0 Å². The smallest absolute Gasteiger partial charge is 0.0321 e. The summed E-state index contributed by atoms with van der Waals surface area (Å²) in [7, 11) is 2.22. The number of likely N-dealkylation sites (tertiary alicyclic amines) is 1. The molecular formula is C8H16N2. The Morgan fingerprint density at radius 2 is 2.30 bits per heavy atom. The van der Waals surface area contributed by atoms with Crippen LogP contribution in [0.4, 0.5) is 0 Å². The second-order valence-corrected chi connectivity index (χ2v) is 3.80. The van der Waals surface area contributed by atoms with E-state index in [-0.39, 0.29) is 0 Å². The molecule has 1 atom stereocenters. The van der Waals surface area contributed by atoms with Crippen LogP contribution < -0.4 is 5.32 Å². The minimum atomic E-state index is 0.536. The van der Waals surface area contributed by atoms with Crippen molar-refractivity contribution in [3.8, 4) is 0 Å². The van der Waals surface area contributed by atoms with Crippen LogP contribution in [0, 0.1) is 0 Å². The van der Waals surface area contributed by atoms with E-state index >= 15 is 0 Å². The van der Waals surface area contributed by atoms with Crippen LogP contribution in [0.1, 0.15) is 19.3 Å². The van der Waals surface area contributed by atoms with Gasteiger partial charge in [-0.2, -0.15) is 0 Å². The molecule has 0 saturated carbocycles. The van der Waals surface area contributed by atoms with Crippen LogP contribution >= 0.6 is 0 Å². The fraction of sp³-hybridized carbons (Fsp3) is 1.00. The molecule has 10 heavy (non-hydrogen) atoms. The molecule has 2 saturated heterocycles. The lowest BCUT2D eigenvalue weighted by atomic mass is 9.97. The van der Waals surface area contributed by atoms with Crippen molar-refractivity contribution >= 4 is 0 Å². The number of likely N-dealkylation sites (N-methyl/N-ethyl adjacent to an activating group) is 1. The van der Waals surface area contributed by atoms with Gasteiger partial charge in [0.1, 0.15) is 0 Å². The number of rotatable bonds is 0. The molecule has 0 amide bonds. The molecule has 0 bridgehead atoms. The summed E-state index contributed by atoms with van der Waals surface area (Å²) in [4.78, 5) is 2.43. The first kappa shape index (κ1) is 6.62. The maximum Gasteiger partial charge on any atom is 0.0321 e. The second kappa shape index (κ2) is 2.21. The molecule has 0 aromatic heterocycles. The van der Waals surface area contributed by atoms with E-state index in [1.807, 2.05) is 0 Å². The Morgan fingerprint density at radius 3 is 2.80 bits per heavy atom. The van der Waals surface area contributed by atoms with E-state index < -0.39 is 0 Å². The predicted molar refractivity (Wildman–Crippen MR) is 42.1 cm³/mol. The number of nitrogens with zero attached hydrogens (tertiary/aromatic N) is 1. The van der Waals surface area contributed by atoms with Gasteiger partial charge in [0, 0.05) is 12.1 Å². The largest absolute Gasteiger partial charge is 0.310 e. The van der Waals surface area contributed by atoms with Crippen LogP contribution in [0.2, 0.25) is 0 Å². The summed E-state index contributed by atoms with van der Waals surface area (Å²) in [5, 5.41) is 3.62. The van der Waals surface area contributed by atoms with E-state index in [1.54, 1.807) is 0 Å². The van der Waals surface area contributed by atoms with Gasteiger partial charge in [-0.1, -0.05) is 0 Å². The first-order valence-corrected chi connectivity index (χ1v) is 4.24. The quantitative estimate of drug-likeness (QED) is 0.525. The fourth-order valence-corrected chi connectivity index (χ4v) is 2.30. The molecule has 2 aliphatic rings. The average molecular weight is 140 g/mol. The topological polar surface area (TPSA) is 15.3 Å². The van der Waals surface area contributed by atoms with E-state index in [0.29, 0.717) is 5.54 Å². The van der Waals surface area contributed by atoms with Crippen molar-refractivity contribution in [1.29, 1.82) is 0 Å². The summed E-state index contributed by atoms with van der Waals surface area (Å²) >= 11 is 0. The highest BCUT2D eigenvalue weighted by molar-refractivity contribution is 4.99. The first-order chi connectivity index (χ1) is 4.81. The van der Waals surface area contributed by atoms with Crippen LogP contribution in [0.3, 0.4) is 0 Å². The highest BCUT2D eigenvalue weighted by Gasteiger charge is 2.38. The Kier molecular flexibility index (Phi) is 1.46. The van der Waals surface area contributed by atoms with Crippen molar-refractivity contribution in [3.63, 3.8) is 0 Å². The molecule has 2 fully saturated rings. The van der Waals surface area contributed by atoms with Gasteiger partial charge in [0.2, 0.25) is 0 Å². The second-order valence-electron chi connectivity index (χ2n) is 3.80. The van der Waals surface area contributed by atoms with Crippen molar-refractivity contribution in [2.24, 2.45) is 0 Å². The van der Waals surface area contributed by atoms with Gasteiger partial charge in [-0.3, -0.25) is 0 Å². The van der Waals surface area contributed by atoms with Gasteiger partial charge < -0.3 is 10.2 Å². The predicted octanol–water partition coefficient (Wildman–Crippen LogP) is 0.444. The fourth-order valence-electron chi connectivity index (χ4n) is 2.30. The van der Waals surface area contributed by atoms with Crippen molar-refractivity contribution in [3.05, 3.63) is 0 Å². The average Bonchev–Trinajstić information content (AvgIpc) is 2.46.